The van der Waals surface area contributed by atoms with Gasteiger partial charge in [-0.05, 0) is 37.5 Å². The molecule has 1 rings (SSSR count). The van der Waals surface area contributed by atoms with Crippen molar-refractivity contribution in [1.29, 1.82) is 0 Å². The number of hydrogen-bond donors (Lipinski definition) is 0. The van der Waals surface area contributed by atoms with Gasteiger partial charge < -0.3 is 4.90 Å². The van der Waals surface area contributed by atoms with E-state index in [0.29, 0.717) is 0 Å². The predicted molar refractivity (Wildman–Crippen MR) is 70.4 cm³/mol. The number of thioether (sulfide) groups is 1. The van der Waals surface area contributed by atoms with E-state index in [9.17, 15) is 0 Å². The van der Waals surface area contributed by atoms with Crippen molar-refractivity contribution in [3.8, 4) is 0 Å². The first-order chi connectivity index (χ1) is 7.22. The minimum Gasteiger partial charge on any atom is -0.306 e. The number of nitrogens with zero attached hydrogens (tertiary/aromatic N) is 1. The lowest BCUT2D eigenvalue weighted by Crippen LogP contribution is -2.10. The molecule has 0 fully saturated rings. The van der Waals surface area contributed by atoms with E-state index >= 15 is 0 Å². The standard InChI is InChI=1S/C13H19NS/c1-4-15-13-9-7-12(8-10-13)6-5-11-14(2)3/h5-10H,4,11H2,1-3H3. The molecule has 2 heteroatoms. The lowest BCUT2D eigenvalue weighted by atomic mass is 10.2. The fourth-order valence-electron chi connectivity index (χ4n) is 1.24. The van der Waals surface area contributed by atoms with Crippen molar-refractivity contribution in [3.05, 3.63) is 35.9 Å². The maximum atomic E-state index is 2.18. The zero-order valence-electron chi connectivity index (χ0n) is 9.73. The molecular weight excluding hydrogens is 202 g/mol. The van der Waals surface area contributed by atoms with Gasteiger partial charge in [0.2, 0.25) is 0 Å². The summed E-state index contributed by atoms with van der Waals surface area (Å²) in [5, 5.41) is 0. The Hall–Kier alpha value is -0.730. The molecule has 15 heavy (non-hydrogen) atoms. The summed E-state index contributed by atoms with van der Waals surface area (Å²) in [5.41, 5.74) is 1.28. The van der Waals surface area contributed by atoms with E-state index in [0.717, 1.165) is 12.3 Å². The van der Waals surface area contributed by atoms with Crippen molar-refractivity contribution in [2.45, 2.75) is 11.8 Å². The zero-order chi connectivity index (χ0) is 11.1. The van der Waals surface area contributed by atoms with Gasteiger partial charge in [0.05, 0.1) is 0 Å². The molecule has 0 aromatic heterocycles. The van der Waals surface area contributed by atoms with E-state index in [-0.39, 0.29) is 0 Å². The van der Waals surface area contributed by atoms with Gasteiger partial charge in [0.25, 0.3) is 0 Å². The van der Waals surface area contributed by atoms with Gasteiger partial charge in [0, 0.05) is 11.4 Å². The molecule has 82 valence electrons. The zero-order valence-corrected chi connectivity index (χ0v) is 10.6. The van der Waals surface area contributed by atoms with Crippen molar-refractivity contribution < 1.29 is 0 Å². The first kappa shape index (κ1) is 12.3. The van der Waals surface area contributed by atoms with Gasteiger partial charge in [0.15, 0.2) is 0 Å². The first-order valence-corrected chi connectivity index (χ1v) is 6.25. The van der Waals surface area contributed by atoms with Gasteiger partial charge in [-0.1, -0.05) is 31.2 Å². The minimum absolute atomic E-state index is 0.992. The number of likely N-dealkylation sites (N-methyl/N-ethyl adjacent to an activating group) is 1. The van der Waals surface area contributed by atoms with Crippen LogP contribution in [0.15, 0.2) is 35.2 Å². The maximum Gasteiger partial charge on any atom is 0.0160 e. The molecule has 0 aliphatic rings. The van der Waals surface area contributed by atoms with E-state index in [1.54, 1.807) is 0 Å². The average Bonchev–Trinajstić information content (AvgIpc) is 2.20. The summed E-state index contributed by atoms with van der Waals surface area (Å²) in [7, 11) is 4.15. The van der Waals surface area contributed by atoms with Crippen LogP contribution in [0.25, 0.3) is 6.08 Å². The van der Waals surface area contributed by atoms with Gasteiger partial charge in [0.1, 0.15) is 0 Å². The van der Waals surface area contributed by atoms with Crippen LogP contribution in [0.1, 0.15) is 12.5 Å². The monoisotopic (exact) mass is 221 g/mol. The number of hydrogen-bond acceptors (Lipinski definition) is 2. The quantitative estimate of drug-likeness (QED) is 0.701. The first-order valence-electron chi connectivity index (χ1n) is 5.26. The largest absolute Gasteiger partial charge is 0.306 e. The van der Waals surface area contributed by atoms with Crippen molar-refractivity contribution >= 4 is 17.8 Å². The van der Waals surface area contributed by atoms with E-state index in [1.807, 2.05) is 11.8 Å². The highest BCUT2D eigenvalue weighted by Crippen LogP contribution is 2.18. The van der Waals surface area contributed by atoms with Crippen molar-refractivity contribution in [2.75, 3.05) is 26.4 Å². The number of benzene rings is 1. The summed E-state index contributed by atoms with van der Waals surface area (Å²) in [6.07, 6.45) is 4.35. The van der Waals surface area contributed by atoms with Crippen LogP contribution in [0.3, 0.4) is 0 Å². The summed E-state index contributed by atoms with van der Waals surface area (Å²) in [5.74, 6) is 1.13. The van der Waals surface area contributed by atoms with Crippen LogP contribution in [0.4, 0.5) is 0 Å². The molecule has 0 atom stereocenters. The second kappa shape index (κ2) is 6.70. The second-order valence-electron chi connectivity index (χ2n) is 3.67. The van der Waals surface area contributed by atoms with Crippen molar-refractivity contribution in [2.24, 2.45) is 0 Å². The Bertz CT molecular complexity index is 301. The molecule has 1 nitrogen and oxygen atoms in total. The Morgan fingerprint density at radius 2 is 1.87 bits per heavy atom. The summed E-state index contributed by atoms with van der Waals surface area (Å²) < 4.78 is 0. The highest BCUT2D eigenvalue weighted by Gasteiger charge is 1.91. The molecule has 0 heterocycles. The van der Waals surface area contributed by atoms with Crippen molar-refractivity contribution in [3.63, 3.8) is 0 Å². The Morgan fingerprint density at radius 1 is 1.20 bits per heavy atom. The molecule has 0 aliphatic heterocycles. The van der Waals surface area contributed by atoms with E-state index in [2.05, 4.69) is 62.3 Å². The third-order valence-corrected chi connectivity index (χ3v) is 2.87. The molecule has 0 amide bonds. The van der Waals surface area contributed by atoms with E-state index < -0.39 is 0 Å². The predicted octanol–water partition coefficient (Wildman–Crippen LogP) is 3.37. The van der Waals surface area contributed by atoms with Crippen LogP contribution in [0.5, 0.6) is 0 Å². The lowest BCUT2D eigenvalue weighted by Gasteiger charge is -2.03. The third-order valence-electron chi connectivity index (χ3n) is 1.97. The number of rotatable bonds is 5. The fourth-order valence-corrected chi connectivity index (χ4v) is 1.90. The SMILES string of the molecule is CCSc1ccc(C=CCN(C)C)cc1. The van der Waals surface area contributed by atoms with Gasteiger partial charge in [-0.25, -0.2) is 0 Å². The average molecular weight is 221 g/mol. The molecule has 0 bridgehead atoms. The fraction of sp³-hybridized carbons (Fsp3) is 0.385. The van der Waals surface area contributed by atoms with Gasteiger partial charge >= 0.3 is 0 Å². The molecule has 0 N–H and O–H groups in total. The van der Waals surface area contributed by atoms with Crippen LogP contribution in [-0.4, -0.2) is 31.3 Å². The summed E-state index contributed by atoms with van der Waals surface area (Å²) in [6, 6.07) is 8.71. The highest BCUT2D eigenvalue weighted by atomic mass is 32.2. The highest BCUT2D eigenvalue weighted by molar-refractivity contribution is 7.99. The van der Waals surface area contributed by atoms with Gasteiger partial charge in [-0.3, -0.25) is 0 Å². The topological polar surface area (TPSA) is 3.24 Å². The molecule has 1 aromatic rings. The van der Waals surface area contributed by atoms with Crippen LogP contribution in [-0.2, 0) is 0 Å². The smallest absolute Gasteiger partial charge is 0.0160 e. The Morgan fingerprint density at radius 3 is 2.40 bits per heavy atom. The van der Waals surface area contributed by atoms with E-state index in [4.69, 9.17) is 0 Å². The van der Waals surface area contributed by atoms with E-state index in [1.165, 1.54) is 10.5 Å². The summed E-state index contributed by atoms with van der Waals surface area (Å²) >= 11 is 1.88. The second-order valence-corrected chi connectivity index (χ2v) is 5.00. The Kier molecular flexibility index (Phi) is 5.51. The normalized spacial score (nSPS) is 11.5. The molecular formula is C13H19NS. The van der Waals surface area contributed by atoms with Crippen LogP contribution in [0.2, 0.25) is 0 Å². The van der Waals surface area contributed by atoms with Crippen LogP contribution < -0.4 is 0 Å². The Balaban J connectivity index is 2.52. The summed E-state index contributed by atoms with van der Waals surface area (Å²) in [4.78, 5) is 3.50. The maximum absolute atomic E-state index is 2.18. The summed E-state index contributed by atoms with van der Waals surface area (Å²) in [6.45, 7) is 3.17. The van der Waals surface area contributed by atoms with Crippen LogP contribution >= 0.6 is 11.8 Å². The van der Waals surface area contributed by atoms with Gasteiger partial charge in [-0.2, -0.15) is 0 Å². The molecule has 0 unspecified atom stereocenters. The molecule has 0 radical (unpaired) electrons. The van der Waals surface area contributed by atoms with Gasteiger partial charge in [-0.15, -0.1) is 11.8 Å². The molecule has 1 aromatic carbocycles. The van der Waals surface area contributed by atoms with Crippen molar-refractivity contribution in [1.82, 2.24) is 4.90 Å². The molecule has 0 spiro atoms. The molecule has 0 saturated carbocycles. The van der Waals surface area contributed by atoms with Crippen LogP contribution in [0, 0.1) is 0 Å². The molecule has 0 saturated heterocycles. The minimum atomic E-state index is 0.992. The Labute approximate surface area is 97.2 Å². The molecule has 0 aliphatic carbocycles. The lowest BCUT2D eigenvalue weighted by molar-refractivity contribution is 0.457. The third kappa shape index (κ3) is 5.05.